The molecular formula is C14H18ClNO2. The van der Waals surface area contributed by atoms with Gasteiger partial charge in [-0.3, -0.25) is 4.99 Å². The van der Waals surface area contributed by atoms with Crippen molar-refractivity contribution in [2.45, 2.75) is 18.9 Å². The number of aliphatic imine (C=N–C) groups is 1. The maximum atomic E-state index is 9.86. The fourth-order valence-electron chi connectivity index (χ4n) is 1.41. The Bertz CT molecular complexity index is 410. The topological polar surface area (TPSA) is 52.8 Å². The minimum absolute atomic E-state index is 0.295. The highest BCUT2D eigenvalue weighted by Gasteiger charge is 2.21. The van der Waals surface area contributed by atoms with Gasteiger partial charge < -0.3 is 10.2 Å². The Kier molecular flexibility index (Phi) is 6.05. The van der Waals surface area contributed by atoms with Crippen molar-refractivity contribution >= 4 is 17.8 Å². The van der Waals surface area contributed by atoms with E-state index in [0.29, 0.717) is 17.9 Å². The van der Waals surface area contributed by atoms with E-state index in [9.17, 15) is 5.11 Å². The molecule has 1 aromatic carbocycles. The van der Waals surface area contributed by atoms with Crippen LogP contribution >= 0.6 is 11.6 Å². The van der Waals surface area contributed by atoms with Crippen LogP contribution in [0.15, 0.2) is 41.5 Å². The molecule has 1 unspecified atom stereocenters. The molecule has 0 aliphatic carbocycles. The van der Waals surface area contributed by atoms with E-state index >= 15 is 0 Å². The van der Waals surface area contributed by atoms with Gasteiger partial charge in [0.1, 0.15) is 5.60 Å². The molecule has 0 amide bonds. The first kappa shape index (κ1) is 14.9. The third kappa shape index (κ3) is 4.61. The van der Waals surface area contributed by atoms with Crippen LogP contribution in [-0.4, -0.2) is 28.9 Å². The molecule has 0 aliphatic rings. The Morgan fingerprint density at radius 1 is 1.33 bits per heavy atom. The van der Waals surface area contributed by atoms with Crippen LogP contribution in [0.2, 0.25) is 0 Å². The van der Waals surface area contributed by atoms with Crippen LogP contribution in [0.5, 0.6) is 0 Å². The second kappa shape index (κ2) is 7.31. The summed E-state index contributed by atoms with van der Waals surface area (Å²) >= 11 is 5.47. The molecule has 1 aromatic rings. The van der Waals surface area contributed by atoms with E-state index in [-0.39, 0.29) is 6.61 Å². The highest BCUT2D eigenvalue weighted by Crippen LogP contribution is 2.20. The van der Waals surface area contributed by atoms with E-state index < -0.39 is 5.60 Å². The number of nitrogens with zero attached hydrogens (tertiary/aromatic N) is 1. The van der Waals surface area contributed by atoms with Gasteiger partial charge in [-0.05, 0) is 18.1 Å². The van der Waals surface area contributed by atoms with Crippen LogP contribution in [-0.2, 0) is 12.0 Å². The Morgan fingerprint density at radius 3 is 2.56 bits per heavy atom. The van der Waals surface area contributed by atoms with Gasteiger partial charge in [-0.1, -0.05) is 30.3 Å². The van der Waals surface area contributed by atoms with E-state index in [1.807, 2.05) is 24.3 Å². The number of aliphatic hydroxyl groups excluding tert-OH is 1. The fraction of sp³-hybridized carbons (Fsp3) is 0.357. The van der Waals surface area contributed by atoms with Gasteiger partial charge in [0.25, 0.3) is 0 Å². The number of hydrogen-bond acceptors (Lipinski definition) is 3. The Morgan fingerprint density at radius 2 is 2.00 bits per heavy atom. The van der Waals surface area contributed by atoms with Crippen LogP contribution in [0, 0.1) is 0 Å². The number of alkyl halides is 1. The van der Waals surface area contributed by atoms with Crippen molar-refractivity contribution < 1.29 is 10.2 Å². The number of hydrogen-bond donors (Lipinski definition) is 2. The molecule has 0 fully saturated rings. The standard InChI is InChI=1S/C14H18ClNO2/c1-14(18,11-17)13-5-3-12(4-6-13)7-10-16-9-2-8-15/h2-6,9-10,17-18H,7-8,11H2,1H3/b9-2-,16-10?. The second-order valence-corrected chi connectivity index (χ2v) is 4.51. The maximum Gasteiger partial charge on any atom is 0.110 e. The number of halogens is 1. The largest absolute Gasteiger partial charge is 0.393 e. The van der Waals surface area contributed by atoms with E-state index in [0.717, 1.165) is 5.56 Å². The van der Waals surface area contributed by atoms with Crippen molar-refractivity contribution in [3.63, 3.8) is 0 Å². The summed E-state index contributed by atoms with van der Waals surface area (Å²) in [5.41, 5.74) is 0.610. The molecule has 0 spiro atoms. The average Bonchev–Trinajstić information content (AvgIpc) is 2.39. The third-order valence-electron chi connectivity index (χ3n) is 2.60. The Labute approximate surface area is 112 Å². The lowest BCUT2D eigenvalue weighted by Gasteiger charge is -2.20. The molecule has 0 radical (unpaired) electrons. The van der Waals surface area contributed by atoms with Gasteiger partial charge in [-0.2, -0.15) is 0 Å². The maximum absolute atomic E-state index is 9.86. The summed E-state index contributed by atoms with van der Waals surface area (Å²) in [5.74, 6) is 0.461. The molecule has 2 N–H and O–H groups in total. The molecule has 1 atom stereocenters. The second-order valence-electron chi connectivity index (χ2n) is 4.20. The van der Waals surface area contributed by atoms with Crippen molar-refractivity contribution in [3.05, 3.63) is 47.7 Å². The highest BCUT2D eigenvalue weighted by atomic mass is 35.5. The minimum Gasteiger partial charge on any atom is -0.393 e. The predicted octanol–water partition coefficient (Wildman–Crippen LogP) is 2.25. The zero-order valence-corrected chi connectivity index (χ0v) is 11.1. The monoisotopic (exact) mass is 267 g/mol. The predicted molar refractivity (Wildman–Crippen MR) is 75.2 cm³/mol. The molecule has 0 saturated heterocycles. The summed E-state index contributed by atoms with van der Waals surface area (Å²) in [6.07, 6.45) is 5.94. The fourth-order valence-corrected chi connectivity index (χ4v) is 1.49. The first-order chi connectivity index (χ1) is 8.60. The molecule has 0 saturated carbocycles. The number of allylic oxidation sites excluding steroid dienone is 1. The molecule has 4 heteroatoms. The lowest BCUT2D eigenvalue weighted by Crippen LogP contribution is -2.25. The molecular weight excluding hydrogens is 250 g/mol. The summed E-state index contributed by atoms with van der Waals surface area (Å²) in [6, 6.07) is 7.45. The van der Waals surface area contributed by atoms with Crippen molar-refractivity contribution in [2.75, 3.05) is 12.5 Å². The van der Waals surface area contributed by atoms with Crippen molar-refractivity contribution in [3.8, 4) is 0 Å². The minimum atomic E-state index is -1.18. The van der Waals surface area contributed by atoms with E-state index in [1.165, 1.54) is 0 Å². The number of benzene rings is 1. The van der Waals surface area contributed by atoms with Gasteiger partial charge in [-0.15, -0.1) is 11.6 Å². The Hall–Kier alpha value is -1.16. The van der Waals surface area contributed by atoms with E-state index in [1.54, 1.807) is 25.4 Å². The normalized spacial score (nSPS) is 15.3. The number of rotatable bonds is 6. The molecule has 98 valence electrons. The molecule has 1 rings (SSSR count). The van der Waals surface area contributed by atoms with E-state index in [4.69, 9.17) is 16.7 Å². The van der Waals surface area contributed by atoms with Crippen LogP contribution in [0.3, 0.4) is 0 Å². The van der Waals surface area contributed by atoms with Crippen LogP contribution in [0.4, 0.5) is 0 Å². The zero-order chi connectivity index (χ0) is 13.4. The highest BCUT2D eigenvalue weighted by molar-refractivity contribution is 6.18. The van der Waals surface area contributed by atoms with Gasteiger partial charge >= 0.3 is 0 Å². The molecule has 0 bridgehead atoms. The SMILES string of the molecule is CC(O)(CO)c1ccc(CC=N/C=C\CCl)cc1. The van der Waals surface area contributed by atoms with Gasteiger partial charge in [0.2, 0.25) is 0 Å². The summed E-state index contributed by atoms with van der Waals surface area (Å²) < 4.78 is 0. The molecule has 0 aromatic heterocycles. The van der Waals surface area contributed by atoms with Gasteiger partial charge in [-0.25, -0.2) is 0 Å². The third-order valence-corrected chi connectivity index (χ3v) is 2.77. The average molecular weight is 268 g/mol. The molecule has 18 heavy (non-hydrogen) atoms. The van der Waals surface area contributed by atoms with E-state index in [2.05, 4.69) is 4.99 Å². The summed E-state index contributed by atoms with van der Waals surface area (Å²) in [5, 5.41) is 18.9. The number of aliphatic hydroxyl groups is 2. The summed E-state index contributed by atoms with van der Waals surface area (Å²) in [4.78, 5) is 4.06. The van der Waals surface area contributed by atoms with Crippen LogP contribution in [0.25, 0.3) is 0 Å². The van der Waals surface area contributed by atoms with Crippen molar-refractivity contribution in [2.24, 2.45) is 4.99 Å². The van der Waals surface area contributed by atoms with Gasteiger partial charge in [0, 0.05) is 24.7 Å². The first-order valence-corrected chi connectivity index (χ1v) is 6.29. The molecule has 0 heterocycles. The lowest BCUT2D eigenvalue weighted by atomic mass is 9.96. The zero-order valence-electron chi connectivity index (χ0n) is 10.4. The molecule has 3 nitrogen and oxygen atoms in total. The van der Waals surface area contributed by atoms with Gasteiger partial charge in [0.15, 0.2) is 0 Å². The van der Waals surface area contributed by atoms with Crippen molar-refractivity contribution in [1.29, 1.82) is 0 Å². The van der Waals surface area contributed by atoms with Gasteiger partial charge in [0.05, 0.1) is 6.61 Å². The summed E-state index contributed by atoms with van der Waals surface area (Å²) in [6.45, 7) is 1.29. The van der Waals surface area contributed by atoms with Crippen molar-refractivity contribution in [1.82, 2.24) is 0 Å². The quantitative estimate of drug-likeness (QED) is 0.614. The lowest BCUT2D eigenvalue weighted by molar-refractivity contribution is -0.00228. The Balaban J connectivity index is 2.61. The van der Waals surface area contributed by atoms with Crippen LogP contribution in [0.1, 0.15) is 18.1 Å². The summed E-state index contributed by atoms with van der Waals surface area (Å²) in [7, 11) is 0. The smallest absolute Gasteiger partial charge is 0.110 e. The first-order valence-electron chi connectivity index (χ1n) is 5.75. The molecule has 0 aliphatic heterocycles. The van der Waals surface area contributed by atoms with Crippen LogP contribution < -0.4 is 0 Å².